The topological polar surface area (TPSA) is 63.4 Å². The monoisotopic (exact) mass is 195 g/mol. The Morgan fingerprint density at radius 1 is 1.43 bits per heavy atom. The third-order valence-corrected chi connectivity index (χ3v) is 2.16. The number of hydrogen-bond donors (Lipinski definition) is 1. The minimum absolute atomic E-state index is 0.0742. The van der Waals surface area contributed by atoms with E-state index in [0.29, 0.717) is 6.42 Å². The number of benzene rings is 1. The van der Waals surface area contributed by atoms with E-state index in [-0.39, 0.29) is 12.3 Å². The summed E-state index contributed by atoms with van der Waals surface area (Å²) in [5, 5.41) is 19.3. The van der Waals surface area contributed by atoms with Crippen LogP contribution in [0, 0.1) is 10.1 Å². The van der Waals surface area contributed by atoms with E-state index in [4.69, 9.17) is 5.11 Å². The SMILES string of the molecule is CCc1cc([N+](=O)[O-])ccc1CCO. The zero-order valence-electron chi connectivity index (χ0n) is 8.06. The summed E-state index contributed by atoms with van der Waals surface area (Å²) in [5.41, 5.74) is 2.04. The molecular formula is C10H13NO3. The summed E-state index contributed by atoms with van der Waals surface area (Å²) in [6.45, 7) is 2.02. The normalized spacial score (nSPS) is 10.1. The molecule has 0 amide bonds. The molecule has 0 aliphatic carbocycles. The van der Waals surface area contributed by atoms with Crippen molar-refractivity contribution < 1.29 is 10.0 Å². The van der Waals surface area contributed by atoms with Crippen molar-refractivity contribution in [2.45, 2.75) is 19.8 Å². The predicted molar refractivity (Wildman–Crippen MR) is 53.3 cm³/mol. The third kappa shape index (κ3) is 2.29. The van der Waals surface area contributed by atoms with Crippen LogP contribution in [-0.2, 0) is 12.8 Å². The van der Waals surface area contributed by atoms with Crippen molar-refractivity contribution in [1.29, 1.82) is 0 Å². The number of non-ortho nitro benzene ring substituents is 1. The smallest absolute Gasteiger partial charge is 0.269 e. The van der Waals surface area contributed by atoms with Crippen LogP contribution in [0.25, 0.3) is 0 Å². The lowest BCUT2D eigenvalue weighted by Crippen LogP contribution is -1.98. The van der Waals surface area contributed by atoms with E-state index in [0.717, 1.165) is 17.5 Å². The van der Waals surface area contributed by atoms with Gasteiger partial charge in [0.05, 0.1) is 4.92 Å². The summed E-state index contributed by atoms with van der Waals surface area (Å²) >= 11 is 0. The second kappa shape index (κ2) is 4.72. The van der Waals surface area contributed by atoms with Gasteiger partial charge < -0.3 is 5.11 Å². The molecule has 1 aromatic rings. The molecule has 0 aliphatic rings. The minimum atomic E-state index is -0.401. The van der Waals surface area contributed by atoms with Gasteiger partial charge in [0.2, 0.25) is 0 Å². The number of hydrogen-bond acceptors (Lipinski definition) is 3. The summed E-state index contributed by atoms with van der Waals surface area (Å²) in [5.74, 6) is 0. The molecule has 0 fully saturated rings. The molecule has 1 N–H and O–H groups in total. The molecule has 0 saturated carbocycles. The maximum atomic E-state index is 10.5. The molecule has 0 saturated heterocycles. The molecule has 4 nitrogen and oxygen atoms in total. The van der Waals surface area contributed by atoms with Crippen LogP contribution < -0.4 is 0 Å². The second-order valence-corrected chi connectivity index (χ2v) is 3.04. The van der Waals surface area contributed by atoms with Crippen molar-refractivity contribution in [2.75, 3.05) is 6.61 Å². The fourth-order valence-electron chi connectivity index (χ4n) is 1.42. The standard InChI is InChI=1S/C10H13NO3/c1-2-8-7-10(11(13)14)4-3-9(8)5-6-12/h3-4,7,12H,2,5-6H2,1H3. The van der Waals surface area contributed by atoms with Gasteiger partial charge in [-0.3, -0.25) is 10.1 Å². The highest BCUT2D eigenvalue weighted by molar-refractivity contribution is 5.40. The number of rotatable bonds is 4. The van der Waals surface area contributed by atoms with E-state index in [1.165, 1.54) is 6.07 Å². The largest absolute Gasteiger partial charge is 0.396 e. The van der Waals surface area contributed by atoms with Crippen molar-refractivity contribution >= 4 is 5.69 Å². The van der Waals surface area contributed by atoms with Crippen molar-refractivity contribution in [3.8, 4) is 0 Å². The molecule has 0 atom stereocenters. The van der Waals surface area contributed by atoms with Crippen molar-refractivity contribution in [3.05, 3.63) is 39.4 Å². The first-order valence-electron chi connectivity index (χ1n) is 4.56. The summed E-state index contributed by atoms with van der Waals surface area (Å²) in [7, 11) is 0. The van der Waals surface area contributed by atoms with Gasteiger partial charge in [0.25, 0.3) is 5.69 Å². The predicted octanol–water partition coefficient (Wildman–Crippen LogP) is 1.69. The van der Waals surface area contributed by atoms with Gasteiger partial charge in [-0.05, 0) is 24.0 Å². The molecule has 0 unspecified atom stereocenters. The summed E-state index contributed by atoms with van der Waals surface area (Å²) in [6.07, 6.45) is 1.30. The second-order valence-electron chi connectivity index (χ2n) is 3.04. The zero-order chi connectivity index (χ0) is 10.6. The fourth-order valence-corrected chi connectivity index (χ4v) is 1.42. The summed E-state index contributed by atoms with van der Waals surface area (Å²) < 4.78 is 0. The van der Waals surface area contributed by atoms with Gasteiger partial charge in [-0.2, -0.15) is 0 Å². The van der Waals surface area contributed by atoms with E-state index >= 15 is 0 Å². The van der Waals surface area contributed by atoms with Gasteiger partial charge in [-0.15, -0.1) is 0 Å². The Bertz CT molecular complexity index is 336. The third-order valence-electron chi connectivity index (χ3n) is 2.16. The average Bonchev–Trinajstić information content (AvgIpc) is 2.18. The van der Waals surface area contributed by atoms with Crippen LogP contribution in [0.15, 0.2) is 18.2 Å². The van der Waals surface area contributed by atoms with Crippen LogP contribution in [0.4, 0.5) is 5.69 Å². The lowest BCUT2D eigenvalue weighted by molar-refractivity contribution is -0.384. The highest BCUT2D eigenvalue weighted by Gasteiger charge is 2.08. The maximum absolute atomic E-state index is 10.5. The zero-order valence-corrected chi connectivity index (χ0v) is 8.06. The molecule has 4 heteroatoms. The fraction of sp³-hybridized carbons (Fsp3) is 0.400. The van der Waals surface area contributed by atoms with E-state index in [9.17, 15) is 10.1 Å². The Labute approximate surface area is 82.3 Å². The van der Waals surface area contributed by atoms with Crippen LogP contribution in [0.3, 0.4) is 0 Å². The molecular weight excluding hydrogens is 182 g/mol. The lowest BCUT2D eigenvalue weighted by atomic mass is 10.0. The molecule has 0 radical (unpaired) electrons. The van der Waals surface area contributed by atoms with Gasteiger partial charge in [0, 0.05) is 18.7 Å². The minimum Gasteiger partial charge on any atom is -0.396 e. The molecule has 14 heavy (non-hydrogen) atoms. The molecule has 76 valence electrons. The number of aliphatic hydroxyl groups is 1. The summed E-state index contributed by atoms with van der Waals surface area (Å²) in [4.78, 5) is 10.1. The number of nitrogens with zero attached hydrogens (tertiary/aromatic N) is 1. The quantitative estimate of drug-likeness (QED) is 0.587. The molecule has 0 bridgehead atoms. The van der Waals surface area contributed by atoms with Gasteiger partial charge in [-0.25, -0.2) is 0 Å². The van der Waals surface area contributed by atoms with Crippen LogP contribution in [0.5, 0.6) is 0 Å². The molecule has 1 rings (SSSR count). The van der Waals surface area contributed by atoms with Crippen molar-refractivity contribution in [2.24, 2.45) is 0 Å². The Kier molecular flexibility index (Phi) is 3.59. The van der Waals surface area contributed by atoms with Gasteiger partial charge in [0.15, 0.2) is 0 Å². The van der Waals surface area contributed by atoms with Gasteiger partial charge in [-0.1, -0.05) is 13.0 Å². The first-order valence-corrected chi connectivity index (χ1v) is 4.56. The molecule has 0 aromatic heterocycles. The molecule has 1 aromatic carbocycles. The Balaban J connectivity index is 3.04. The first-order chi connectivity index (χ1) is 6.69. The van der Waals surface area contributed by atoms with E-state index in [1.807, 2.05) is 6.92 Å². The van der Waals surface area contributed by atoms with E-state index < -0.39 is 4.92 Å². The summed E-state index contributed by atoms with van der Waals surface area (Å²) in [6, 6.07) is 4.77. The molecule has 0 aliphatic heterocycles. The molecule has 0 spiro atoms. The van der Waals surface area contributed by atoms with E-state index in [1.54, 1.807) is 12.1 Å². The highest BCUT2D eigenvalue weighted by Crippen LogP contribution is 2.18. The first kappa shape index (κ1) is 10.7. The van der Waals surface area contributed by atoms with Crippen LogP contribution in [0.2, 0.25) is 0 Å². The Morgan fingerprint density at radius 2 is 2.14 bits per heavy atom. The average molecular weight is 195 g/mol. The van der Waals surface area contributed by atoms with Crippen molar-refractivity contribution in [3.63, 3.8) is 0 Å². The Hall–Kier alpha value is -1.42. The van der Waals surface area contributed by atoms with Gasteiger partial charge >= 0.3 is 0 Å². The number of nitro benzene ring substituents is 1. The number of aliphatic hydroxyl groups excluding tert-OH is 1. The van der Waals surface area contributed by atoms with E-state index in [2.05, 4.69) is 0 Å². The number of nitro groups is 1. The molecule has 0 heterocycles. The number of aryl methyl sites for hydroxylation is 1. The van der Waals surface area contributed by atoms with Crippen LogP contribution >= 0.6 is 0 Å². The van der Waals surface area contributed by atoms with Crippen molar-refractivity contribution in [1.82, 2.24) is 0 Å². The van der Waals surface area contributed by atoms with Crippen LogP contribution in [-0.4, -0.2) is 16.6 Å². The highest BCUT2D eigenvalue weighted by atomic mass is 16.6. The lowest BCUT2D eigenvalue weighted by Gasteiger charge is -2.05. The Morgan fingerprint density at radius 3 is 2.64 bits per heavy atom. The van der Waals surface area contributed by atoms with Crippen LogP contribution in [0.1, 0.15) is 18.1 Å². The van der Waals surface area contributed by atoms with Gasteiger partial charge in [0.1, 0.15) is 0 Å². The maximum Gasteiger partial charge on any atom is 0.269 e.